The zero-order chi connectivity index (χ0) is 16.8. The zero-order valence-corrected chi connectivity index (χ0v) is 15.3. The Balaban J connectivity index is 0.00000225. The van der Waals surface area contributed by atoms with Crippen LogP contribution in [0.1, 0.15) is 5.56 Å². The molecule has 0 spiro atoms. The standard InChI is InChI=1S/C18H20N2O3S.ClH/c21-18(17-12-19-9-10-23-17)20-15-6-4-5-14(11-15)13-24(22)16-7-2-1-3-8-16;/h1-8,11,17,19H,9-10,12-13H2,(H,20,21);1H. The maximum Gasteiger partial charge on any atom is 0.254 e. The van der Waals surface area contributed by atoms with Gasteiger partial charge >= 0.3 is 0 Å². The van der Waals surface area contributed by atoms with Crippen molar-refractivity contribution in [2.45, 2.75) is 16.8 Å². The predicted octanol–water partition coefficient (Wildman–Crippen LogP) is 2.34. The second-order valence-corrected chi connectivity index (χ2v) is 7.01. The van der Waals surface area contributed by atoms with Crippen LogP contribution in [0, 0.1) is 0 Å². The van der Waals surface area contributed by atoms with Crippen molar-refractivity contribution in [1.82, 2.24) is 5.32 Å². The van der Waals surface area contributed by atoms with Crippen LogP contribution in [-0.2, 0) is 26.1 Å². The summed E-state index contributed by atoms with van der Waals surface area (Å²) in [5.41, 5.74) is 1.61. The summed E-state index contributed by atoms with van der Waals surface area (Å²) >= 11 is 0. The molecule has 0 aliphatic carbocycles. The highest BCUT2D eigenvalue weighted by Crippen LogP contribution is 2.16. The first-order chi connectivity index (χ1) is 11.7. The summed E-state index contributed by atoms with van der Waals surface area (Å²) in [4.78, 5) is 13.0. The Kier molecular flexibility index (Phi) is 7.58. The molecule has 2 atom stereocenters. The molecular formula is C18H21ClN2O3S. The molecule has 2 unspecified atom stereocenters. The minimum Gasteiger partial charge on any atom is -0.366 e. The van der Waals surface area contributed by atoms with Crippen LogP contribution in [0.3, 0.4) is 0 Å². The molecule has 0 saturated carbocycles. The van der Waals surface area contributed by atoms with E-state index in [1.807, 2.05) is 54.6 Å². The lowest BCUT2D eigenvalue weighted by molar-refractivity contribution is -0.128. The number of nitrogens with one attached hydrogen (secondary N) is 2. The Morgan fingerprint density at radius 2 is 2.00 bits per heavy atom. The Bertz CT molecular complexity index is 721. The van der Waals surface area contributed by atoms with Gasteiger partial charge in [0.15, 0.2) is 0 Å². The van der Waals surface area contributed by atoms with Gasteiger partial charge in [-0.3, -0.25) is 9.00 Å². The number of ether oxygens (including phenoxy) is 1. The fourth-order valence-corrected chi connectivity index (χ4v) is 3.61. The average molecular weight is 381 g/mol. The number of hydrogen-bond acceptors (Lipinski definition) is 4. The van der Waals surface area contributed by atoms with E-state index < -0.39 is 16.9 Å². The quantitative estimate of drug-likeness (QED) is 0.835. The van der Waals surface area contributed by atoms with E-state index in [9.17, 15) is 9.00 Å². The van der Waals surface area contributed by atoms with E-state index in [1.54, 1.807) is 0 Å². The van der Waals surface area contributed by atoms with Crippen molar-refractivity contribution in [2.24, 2.45) is 0 Å². The molecular weight excluding hydrogens is 360 g/mol. The third-order valence-corrected chi connectivity index (χ3v) is 5.11. The van der Waals surface area contributed by atoms with Crippen LogP contribution in [0.4, 0.5) is 5.69 Å². The SMILES string of the molecule is Cl.O=C(Nc1cccc(CS(=O)c2ccccc2)c1)C1CNCCO1. The molecule has 1 saturated heterocycles. The number of anilines is 1. The van der Waals surface area contributed by atoms with Gasteiger partial charge in [0, 0.05) is 23.7 Å². The van der Waals surface area contributed by atoms with Gasteiger partial charge in [-0.1, -0.05) is 30.3 Å². The largest absolute Gasteiger partial charge is 0.366 e. The Hall–Kier alpha value is -1.73. The molecule has 1 aliphatic rings. The normalized spacial score (nSPS) is 18.0. The number of morpholine rings is 1. The van der Waals surface area contributed by atoms with Crippen LogP contribution in [-0.4, -0.2) is 35.9 Å². The van der Waals surface area contributed by atoms with Crippen LogP contribution >= 0.6 is 12.4 Å². The van der Waals surface area contributed by atoms with Gasteiger partial charge in [-0.2, -0.15) is 0 Å². The summed E-state index contributed by atoms with van der Waals surface area (Å²) in [6, 6.07) is 16.8. The van der Waals surface area contributed by atoms with Gasteiger partial charge in [-0.15, -0.1) is 12.4 Å². The van der Waals surface area contributed by atoms with Gasteiger partial charge in [0.05, 0.1) is 23.2 Å². The van der Waals surface area contributed by atoms with Crippen molar-refractivity contribution < 1.29 is 13.7 Å². The van der Waals surface area contributed by atoms with E-state index >= 15 is 0 Å². The lowest BCUT2D eigenvalue weighted by atomic mass is 10.2. The highest BCUT2D eigenvalue weighted by Gasteiger charge is 2.21. The number of rotatable bonds is 5. The van der Waals surface area contributed by atoms with Gasteiger partial charge in [0.25, 0.3) is 5.91 Å². The molecule has 0 radical (unpaired) electrons. The van der Waals surface area contributed by atoms with E-state index in [4.69, 9.17) is 4.74 Å². The first-order valence-electron chi connectivity index (χ1n) is 7.88. The van der Waals surface area contributed by atoms with Gasteiger partial charge in [0.2, 0.25) is 0 Å². The number of amides is 1. The minimum absolute atomic E-state index is 0. The molecule has 7 heteroatoms. The predicted molar refractivity (Wildman–Crippen MR) is 101 cm³/mol. The first kappa shape index (κ1) is 19.6. The van der Waals surface area contributed by atoms with E-state index in [1.165, 1.54) is 0 Å². The van der Waals surface area contributed by atoms with Crippen molar-refractivity contribution in [2.75, 3.05) is 25.0 Å². The van der Waals surface area contributed by atoms with Crippen LogP contribution in [0.2, 0.25) is 0 Å². The molecule has 1 fully saturated rings. The van der Waals surface area contributed by atoms with Gasteiger partial charge in [-0.05, 0) is 29.8 Å². The summed E-state index contributed by atoms with van der Waals surface area (Å²) in [7, 11) is -1.11. The number of carbonyl (C=O) groups is 1. The van der Waals surface area contributed by atoms with Gasteiger partial charge < -0.3 is 15.4 Å². The fourth-order valence-electron chi connectivity index (χ4n) is 2.50. The molecule has 134 valence electrons. The molecule has 2 N–H and O–H groups in total. The second-order valence-electron chi connectivity index (χ2n) is 5.56. The summed E-state index contributed by atoms with van der Waals surface area (Å²) in [6.45, 7) is 1.82. The molecule has 2 aromatic carbocycles. The molecule has 1 aliphatic heterocycles. The lowest BCUT2D eigenvalue weighted by Crippen LogP contribution is -2.45. The Morgan fingerprint density at radius 3 is 2.72 bits per heavy atom. The average Bonchev–Trinajstić information content (AvgIpc) is 2.63. The summed E-state index contributed by atoms with van der Waals surface area (Å²) in [6.07, 6.45) is -0.471. The van der Waals surface area contributed by atoms with Crippen molar-refractivity contribution in [3.05, 3.63) is 60.2 Å². The maximum atomic E-state index is 12.4. The van der Waals surface area contributed by atoms with Crippen molar-refractivity contribution in [3.8, 4) is 0 Å². The van der Waals surface area contributed by atoms with Crippen LogP contribution in [0.5, 0.6) is 0 Å². The van der Waals surface area contributed by atoms with E-state index in [0.717, 1.165) is 17.0 Å². The summed E-state index contributed by atoms with van der Waals surface area (Å²) in [5, 5.41) is 5.99. The molecule has 5 nitrogen and oxygen atoms in total. The molecule has 0 bridgehead atoms. The van der Waals surface area contributed by atoms with Gasteiger partial charge in [-0.25, -0.2) is 0 Å². The van der Waals surface area contributed by atoms with Crippen molar-refractivity contribution in [1.29, 1.82) is 0 Å². The zero-order valence-electron chi connectivity index (χ0n) is 13.6. The van der Waals surface area contributed by atoms with Gasteiger partial charge in [0.1, 0.15) is 6.10 Å². The van der Waals surface area contributed by atoms with Crippen LogP contribution in [0.15, 0.2) is 59.5 Å². The highest BCUT2D eigenvalue weighted by molar-refractivity contribution is 7.84. The van der Waals surface area contributed by atoms with Crippen LogP contribution in [0.25, 0.3) is 0 Å². The Morgan fingerprint density at radius 1 is 1.20 bits per heavy atom. The maximum absolute atomic E-state index is 12.4. The van der Waals surface area contributed by atoms with E-state index in [0.29, 0.717) is 24.6 Å². The number of benzene rings is 2. The summed E-state index contributed by atoms with van der Waals surface area (Å²) < 4.78 is 17.8. The molecule has 25 heavy (non-hydrogen) atoms. The monoisotopic (exact) mass is 380 g/mol. The third kappa shape index (κ3) is 5.64. The first-order valence-corrected chi connectivity index (χ1v) is 9.20. The third-order valence-electron chi connectivity index (χ3n) is 3.72. The van der Waals surface area contributed by atoms with Crippen LogP contribution < -0.4 is 10.6 Å². The molecule has 3 rings (SSSR count). The molecule has 2 aromatic rings. The fraction of sp³-hybridized carbons (Fsp3) is 0.278. The number of halogens is 1. The van der Waals surface area contributed by atoms with Crippen molar-refractivity contribution >= 4 is 34.8 Å². The van der Waals surface area contributed by atoms with E-state index in [-0.39, 0.29) is 18.3 Å². The second kappa shape index (κ2) is 9.68. The minimum atomic E-state index is -1.11. The van der Waals surface area contributed by atoms with Crippen molar-refractivity contribution in [3.63, 3.8) is 0 Å². The molecule has 1 heterocycles. The summed E-state index contributed by atoms with van der Waals surface area (Å²) in [5.74, 6) is 0.249. The smallest absolute Gasteiger partial charge is 0.254 e. The number of hydrogen-bond donors (Lipinski definition) is 2. The molecule has 0 aromatic heterocycles. The lowest BCUT2D eigenvalue weighted by Gasteiger charge is -2.22. The van der Waals surface area contributed by atoms with E-state index in [2.05, 4.69) is 10.6 Å². The Labute approximate surface area is 156 Å². The molecule has 1 amide bonds. The topological polar surface area (TPSA) is 67.4 Å². The highest BCUT2D eigenvalue weighted by atomic mass is 35.5. The number of carbonyl (C=O) groups excluding carboxylic acids is 1.